The highest BCUT2D eigenvalue weighted by atomic mass is 19.1. The van der Waals surface area contributed by atoms with E-state index in [2.05, 4.69) is 29.2 Å². The number of nitrogens with zero attached hydrogens (tertiary/aromatic N) is 1. The van der Waals surface area contributed by atoms with Gasteiger partial charge in [0.1, 0.15) is 5.82 Å². The quantitative estimate of drug-likeness (QED) is 0.322. The summed E-state index contributed by atoms with van der Waals surface area (Å²) in [5.41, 5.74) is 1.31. The van der Waals surface area contributed by atoms with Gasteiger partial charge in [0.2, 0.25) is 5.91 Å². The third-order valence-corrected chi connectivity index (χ3v) is 7.78. The predicted octanol–water partition coefficient (Wildman–Crippen LogP) is 5.18. The fraction of sp³-hybridized carbons (Fsp3) is 0.548. The summed E-state index contributed by atoms with van der Waals surface area (Å²) < 4.78 is 20.3. The van der Waals surface area contributed by atoms with E-state index in [9.17, 15) is 14.7 Å². The number of hydrogen-bond donors (Lipinski definition) is 3. The molecule has 1 saturated heterocycles. The van der Waals surface area contributed by atoms with Crippen LogP contribution in [0.15, 0.2) is 42.5 Å². The van der Waals surface area contributed by atoms with Gasteiger partial charge in [0.05, 0.1) is 12.7 Å². The molecule has 3 rings (SSSR count). The third-order valence-electron chi connectivity index (χ3n) is 7.78. The summed E-state index contributed by atoms with van der Waals surface area (Å²) in [6.45, 7) is 6.32. The van der Waals surface area contributed by atoms with Gasteiger partial charge >= 0.3 is 6.09 Å². The number of carbonyl (C=O) groups is 2. The highest BCUT2D eigenvalue weighted by Crippen LogP contribution is 2.44. The van der Waals surface area contributed by atoms with Crippen LogP contribution in [0, 0.1) is 11.7 Å². The molecule has 2 amide bonds. The van der Waals surface area contributed by atoms with Crippen LogP contribution in [0.25, 0.3) is 11.1 Å². The second kappa shape index (κ2) is 14.4. The first-order chi connectivity index (χ1) is 18.7. The maximum absolute atomic E-state index is 15.6. The normalized spacial score (nSPS) is 17.1. The average molecular weight is 542 g/mol. The van der Waals surface area contributed by atoms with E-state index >= 15 is 4.39 Å². The molecule has 8 heteroatoms. The number of rotatable bonds is 12. The minimum Gasteiger partial charge on any atom is -0.453 e. The number of piperidine rings is 1. The molecule has 0 bridgehead atoms. The van der Waals surface area contributed by atoms with E-state index in [4.69, 9.17) is 0 Å². The fourth-order valence-corrected chi connectivity index (χ4v) is 5.58. The highest BCUT2D eigenvalue weighted by Gasteiger charge is 2.43. The molecule has 1 aliphatic rings. The molecule has 2 aromatic rings. The Morgan fingerprint density at radius 1 is 1.18 bits per heavy atom. The number of nitrogens with one attached hydrogen (secondary N) is 2. The minimum atomic E-state index is -1.41. The number of likely N-dealkylation sites (tertiary alicyclic amines) is 1. The Morgan fingerprint density at radius 3 is 2.67 bits per heavy atom. The Balaban J connectivity index is 2.00. The Hall–Kier alpha value is -2.97. The van der Waals surface area contributed by atoms with Gasteiger partial charge in [-0.3, -0.25) is 4.79 Å². The molecular weight excluding hydrogens is 497 g/mol. The first-order valence-corrected chi connectivity index (χ1v) is 14.1. The van der Waals surface area contributed by atoms with Crippen molar-refractivity contribution in [2.75, 3.05) is 40.3 Å². The highest BCUT2D eigenvalue weighted by molar-refractivity contribution is 5.76. The Morgan fingerprint density at radius 2 is 1.95 bits per heavy atom. The van der Waals surface area contributed by atoms with Crippen molar-refractivity contribution in [1.29, 1.82) is 0 Å². The number of amides is 2. The summed E-state index contributed by atoms with van der Waals surface area (Å²) in [5.74, 6) is -0.334. The van der Waals surface area contributed by atoms with E-state index < -0.39 is 17.5 Å². The van der Waals surface area contributed by atoms with Crippen molar-refractivity contribution in [3.63, 3.8) is 0 Å². The lowest BCUT2D eigenvalue weighted by atomic mass is 9.72. The van der Waals surface area contributed by atoms with Crippen molar-refractivity contribution in [3.05, 3.63) is 59.4 Å². The lowest BCUT2D eigenvalue weighted by Crippen LogP contribution is -2.48. The number of methoxy groups -OCH3 is 1. The summed E-state index contributed by atoms with van der Waals surface area (Å²) in [7, 11) is 3.17. The van der Waals surface area contributed by atoms with Crippen molar-refractivity contribution in [3.8, 4) is 11.1 Å². The summed E-state index contributed by atoms with van der Waals surface area (Å²) in [4.78, 5) is 26.4. The molecule has 3 N–H and O–H groups in total. The molecular formula is C31H44FN3O4. The van der Waals surface area contributed by atoms with Gasteiger partial charge < -0.3 is 25.4 Å². The molecule has 2 unspecified atom stereocenters. The lowest BCUT2D eigenvalue weighted by molar-refractivity contribution is -0.136. The first kappa shape index (κ1) is 30.6. The molecule has 1 fully saturated rings. The number of carbonyl (C=O) groups excluding carboxylic acids is 2. The largest absolute Gasteiger partial charge is 0.453 e. The van der Waals surface area contributed by atoms with Crippen LogP contribution in [-0.4, -0.2) is 62.3 Å². The van der Waals surface area contributed by atoms with E-state index in [0.717, 1.165) is 30.5 Å². The van der Waals surface area contributed by atoms with Crippen LogP contribution in [0.1, 0.15) is 69.4 Å². The van der Waals surface area contributed by atoms with Gasteiger partial charge in [-0.2, -0.15) is 0 Å². The number of benzene rings is 2. The van der Waals surface area contributed by atoms with Crippen LogP contribution in [0.2, 0.25) is 0 Å². The summed E-state index contributed by atoms with van der Waals surface area (Å²) >= 11 is 0. The maximum Gasteiger partial charge on any atom is 0.406 e. The van der Waals surface area contributed by atoms with Crippen LogP contribution in [0.5, 0.6) is 0 Å². The number of aliphatic hydroxyl groups is 1. The molecule has 1 aliphatic heterocycles. The molecule has 39 heavy (non-hydrogen) atoms. The average Bonchev–Trinajstić information content (AvgIpc) is 2.95. The van der Waals surface area contributed by atoms with Crippen LogP contribution >= 0.6 is 0 Å². The van der Waals surface area contributed by atoms with E-state index in [0.29, 0.717) is 56.4 Å². The number of ether oxygens (including phenoxy) is 1. The number of alkyl carbamates (subject to hydrolysis) is 1. The maximum atomic E-state index is 15.6. The van der Waals surface area contributed by atoms with Gasteiger partial charge in [-0.15, -0.1) is 0 Å². The zero-order valence-electron chi connectivity index (χ0n) is 23.8. The molecule has 1 heterocycles. The third kappa shape index (κ3) is 7.79. The van der Waals surface area contributed by atoms with E-state index in [-0.39, 0.29) is 17.7 Å². The van der Waals surface area contributed by atoms with E-state index in [1.807, 2.05) is 42.3 Å². The van der Waals surface area contributed by atoms with Crippen molar-refractivity contribution >= 4 is 12.0 Å². The summed E-state index contributed by atoms with van der Waals surface area (Å²) in [5, 5.41) is 18.3. The molecule has 0 spiro atoms. The van der Waals surface area contributed by atoms with Crippen LogP contribution in [-0.2, 0) is 15.1 Å². The Kier molecular flexibility index (Phi) is 11.3. The zero-order valence-corrected chi connectivity index (χ0v) is 23.8. The van der Waals surface area contributed by atoms with Crippen molar-refractivity contribution < 1.29 is 23.8 Å². The van der Waals surface area contributed by atoms with Crippen molar-refractivity contribution in [2.24, 2.45) is 5.92 Å². The van der Waals surface area contributed by atoms with Crippen LogP contribution in [0.3, 0.4) is 0 Å². The predicted molar refractivity (Wildman–Crippen MR) is 152 cm³/mol. The molecule has 0 aromatic heterocycles. The smallest absolute Gasteiger partial charge is 0.406 e. The molecule has 0 saturated carbocycles. The molecule has 7 nitrogen and oxygen atoms in total. The summed E-state index contributed by atoms with van der Waals surface area (Å²) in [6.07, 6.45) is 2.89. The van der Waals surface area contributed by atoms with Gasteiger partial charge in [0.15, 0.2) is 0 Å². The summed E-state index contributed by atoms with van der Waals surface area (Å²) in [6, 6.07) is 12.7. The van der Waals surface area contributed by atoms with Crippen molar-refractivity contribution in [2.45, 2.75) is 63.9 Å². The second-order valence-electron chi connectivity index (χ2n) is 10.8. The van der Waals surface area contributed by atoms with Gasteiger partial charge in [-0.1, -0.05) is 50.2 Å². The lowest BCUT2D eigenvalue weighted by Gasteiger charge is -2.43. The standard InChI is InChI=1S/C31H44FN3O4/c1-22(2)23-10-5-11-24(20-23)29-26(13-6-14-27(29)32)31(38,16-9-18-34-30(37)39-4)25-12-8-19-35(21-25)28(36)15-7-17-33-3/h5-6,10-11,13-14,20,22,25,33,38H,7-9,12,15-19,21H2,1-4H3,(H,34,37). The minimum absolute atomic E-state index is 0.0776. The molecule has 0 radical (unpaired) electrons. The number of hydrogen-bond acceptors (Lipinski definition) is 5. The monoisotopic (exact) mass is 541 g/mol. The van der Waals surface area contributed by atoms with Gasteiger partial charge in [-0.25, -0.2) is 9.18 Å². The topological polar surface area (TPSA) is 90.9 Å². The first-order valence-electron chi connectivity index (χ1n) is 14.1. The molecule has 2 atom stereocenters. The Labute approximate surface area is 232 Å². The zero-order chi connectivity index (χ0) is 28.4. The van der Waals surface area contributed by atoms with Crippen molar-refractivity contribution in [1.82, 2.24) is 15.5 Å². The molecule has 214 valence electrons. The van der Waals surface area contributed by atoms with Gasteiger partial charge in [-0.05, 0) is 74.4 Å². The molecule has 0 aliphatic carbocycles. The van der Waals surface area contributed by atoms with Crippen LogP contribution in [0.4, 0.5) is 9.18 Å². The van der Waals surface area contributed by atoms with Gasteiger partial charge in [0.25, 0.3) is 0 Å². The second-order valence-corrected chi connectivity index (χ2v) is 10.8. The molecule has 2 aromatic carbocycles. The van der Waals surface area contributed by atoms with Crippen LogP contribution < -0.4 is 10.6 Å². The fourth-order valence-electron chi connectivity index (χ4n) is 5.58. The van der Waals surface area contributed by atoms with Gasteiger partial charge in [0, 0.05) is 37.5 Å². The number of halogens is 1. The van der Waals surface area contributed by atoms with E-state index in [1.54, 1.807) is 6.07 Å². The van der Waals surface area contributed by atoms with E-state index in [1.165, 1.54) is 13.2 Å². The SMILES string of the molecule is CNCCCC(=O)N1CCCC(C(O)(CCCNC(=O)OC)c2cccc(F)c2-c2cccc(C(C)C)c2)C1. The Bertz CT molecular complexity index is 1110.